The molecule has 1 saturated carbocycles. The molecule has 1 fully saturated rings. The van der Waals surface area contributed by atoms with Gasteiger partial charge in [0, 0.05) is 6.04 Å². The van der Waals surface area contributed by atoms with Gasteiger partial charge in [-0.3, -0.25) is 0 Å². The van der Waals surface area contributed by atoms with Crippen molar-refractivity contribution in [3.63, 3.8) is 0 Å². The maximum absolute atomic E-state index is 5.44. The fourth-order valence-electron chi connectivity index (χ4n) is 2.81. The molecule has 1 heterocycles. The number of hydrogen-bond donors (Lipinski definition) is 1. The zero-order chi connectivity index (χ0) is 10.7. The van der Waals surface area contributed by atoms with Crippen LogP contribution >= 0.6 is 0 Å². The van der Waals surface area contributed by atoms with Crippen molar-refractivity contribution in [2.24, 2.45) is 16.8 Å². The van der Waals surface area contributed by atoms with Gasteiger partial charge in [0.15, 0.2) is 0 Å². The molecule has 3 heteroatoms. The van der Waals surface area contributed by atoms with Crippen molar-refractivity contribution in [2.75, 3.05) is 13.2 Å². The summed E-state index contributed by atoms with van der Waals surface area (Å²) in [5, 5.41) is 3.50. The fraction of sp³-hybridized carbons (Fsp3) is 0.917. The Labute approximate surface area is 92.3 Å². The van der Waals surface area contributed by atoms with Gasteiger partial charge >= 0.3 is 0 Å². The van der Waals surface area contributed by atoms with Crippen LogP contribution in [0.5, 0.6) is 0 Å². The van der Waals surface area contributed by atoms with Crippen molar-refractivity contribution >= 4 is 6.02 Å². The van der Waals surface area contributed by atoms with E-state index in [1.807, 2.05) is 0 Å². The maximum Gasteiger partial charge on any atom is 0.285 e. The van der Waals surface area contributed by atoms with Crippen molar-refractivity contribution in [1.82, 2.24) is 5.32 Å². The highest BCUT2D eigenvalue weighted by Gasteiger charge is 2.30. The molecule has 2 aliphatic rings. The first kappa shape index (κ1) is 10.8. The van der Waals surface area contributed by atoms with Crippen LogP contribution in [-0.4, -0.2) is 25.2 Å². The zero-order valence-electron chi connectivity index (χ0n) is 9.83. The lowest BCUT2D eigenvalue weighted by Crippen LogP contribution is -2.46. The molecule has 0 aromatic rings. The molecule has 0 aromatic carbocycles. The molecule has 0 spiro atoms. The van der Waals surface area contributed by atoms with Crippen LogP contribution in [-0.2, 0) is 4.74 Å². The van der Waals surface area contributed by atoms with Gasteiger partial charge in [0.25, 0.3) is 6.02 Å². The minimum absolute atomic E-state index is 0.570. The summed E-state index contributed by atoms with van der Waals surface area (Å²) in [4.78, 5) is 4.32. The van der Waals surface area contributed by atoms with Gasteiger partial charge < -0.3 is 10.1 Å². The molecule has 0 bridgehead atoms. The third-order valence-corrected chi connectivity index (χ3v) is 3.76. The van der Waals surface area contributed by atoms with Gasteiger partial charge in [0.1, 0.15) is 6.61 Å². The minimum Gasteiger partial charge on any atom is -0.463 e. The Kier molecular flexibility index (Phi) is 3.49. The van der Waals surface area contributed by atoms with E-state index in [0.29, 0.717) is 6.04 Å². The minimum atomic E-state index is 0.570. The lowest BCUT2D eigenvalue weighted by molar-refractivity contribution is 0.198. The summed E-state index contributed by atoms with van der Waals surface area (Å²) in [5.74, 6) is 1.54. The molecule has 1 N–H and O–H groups in total. The van der Waals surface area contributed by atoms with Crippen molar-refractivity contribution in [2.45, 2.75) is 45.6 Å². The summed E-state index contributed by atoms with van der Waals surface area (Å²) >= 11 is 0. The van der Waals surface area contributed by atoms with E-state index >= 15 is 0 Å². The fourth-order valence-corrected chi connectivity index (χ4v) is 2.81. The van der Waals surface area contributed by atoms with E-state index < -0.39 is 0 Å². The Bertz CT molecular complexity index is 240. The lowest BCUT2D eigenvalue weighted by atomic mass is 9.76. The molecule has 15 heavy (non-hydrogen) atoms. The third-order valence-electron chi connectivity index (χ3n) is 3.76. The molecule has 0 amide bonds. The largest absolute Gasteiger partial charge is 0.463 e. The van der Waals surface area contributed by atoms with E-state index in [1.54, 1.807) is 0 Å². The molecular weight excluding hydrogens is 188 g/mol. The number of rotatable bonds is 2. The first-order valence-electron chi connectivity index (χ1n) is 6.25. The highest BCUT2D eigenvalue weighted by Crippen LogP contribution is 2.31. The van der Waals surface area contributed by atoms with Crippen molar-refractivity contribution < 1.29 is 4.74 Å². The molecule has 0 radical (unpaired) electrons. The molecule has 0 unspecified atom stereocenters. The SMILES string of the molecule is CC[C@H]1CCC[C@@H](C)[C@@H]1NC1=NCCO1. The molecule has 1 aliphatic heterocycles. The zero-order valence-corrected chi connectivity index (χ0v) is 9.83. The highest BCUT2D eigenvalue weighted by molar-refractivity contribution is 5.75. The van der Waals surface area contributed by atoms with E-state index in [1.165, 1.54) is 25.7 Å². The predicted molar refractivity (Wildman–Crippen MR) is 62.0 cm³/mol. The number of nitrogens with zero attached hydrogens (tertiary/aromatic N) is 1. The molecule has 0 aromatic heterocycles. The first-order valence-corrected chi connectivity index (χ1v) is 6.25. The number of amidine groups is 1. The molecular formula is C12H22N2O. The summed E-state index contributed by atoms with van der Waals surface area (Å²) in [7, 11) is 0. The Morgan fingerprint density at radius 2 is 2.33 bits per heavy atom. The van der Waals surface area contributed by atoms with Crippen LogP contribution in [0.3, 0.4) is 0 Å². The van der Waals surface area contributed by atoms with Crippen molar-refractivity contribution in [3.05, 3.63) is 0 Å². The summed E-state index contributed by atoms with van der Waals surface area (Å²) in [6.45, 7) is 6.20. The molecule has 2 rings (SSSR count). The smallest absolute Gasteiger partial charge is 0.285 e. The Balaban J connectivity index is 1.96. The van der Waals surface area contributed by atoms with Crippen LogP contribution in [0.1, 0.15) is 39.5 Å². The Morgan fingerprint density at radius 3 is 3.00 bits per heavy atom. The molecule has 3 nitrogen and oxygen atoms in total. The second-order valence-electron chi connectivity index (χ2n) is 4.78. The van der Waals surface area contributed by atoms with Crippen LogP contribution in [0.15, 0.2) is 4.99 Å². The Hall–Kier alpha value is -0.730. The van der Waals surface area contributed by atoms with Crippen LogP contribution in [0.4, 0.5) is 0 Å². The Morgan fingerprint density at radius 1 is 1.47 bits per heavy atom. The quantitative estimate of drug-likeness (QED) is 0.758. The monoisotopic (exact) mass is 210 g/mol. The van der Waals surface area contributed by atoms with Gasteiger partial charge in [-0.1, -0.05) is 26.7 Å². The second kappa shape index (κ2) is 4.86. The number of aliphatic imine (C=N–C) groups is 1. The van der Waals surface area contributed by atoms with Crippen LogP contribution < -0.4 is 5.32 Å². The summed E-state index contributed by atoms with van der Waals surface area (Å²) in [6.07, 6.45) is 5.33. The highest BCUT2D eigenvalue weighted by atomic mass is 16.5. The standard InChI is InChI=1S/C12H22N2O/c1-3-10-6-4-5-9(2)11(10)14-12-13-7-8-15-12/h9-11H,3-8H2,1-2H3,(H,13,14)/t9-,10+,11+/m1/s1. The predicted octanol–water partition coefficient (Wildman–Crippen LogP) is 2.18. The van der Waals surface area contributed by atoms with Gasteiger partial charge in [-0.25, -0.2) is 4.99 Å². The van der Waals surface area contributed by atoms with Crippen molar-refractivity contribution in [3.8, 4) is 0 Å². The summed E-state index contributed by atoms with van der Waals surface area (Å²) in [5.41, 5.74) is 0. The van der Waals surface area contributed by atoms with Crippen LogP contribution in [0, 0.1) is 11.8 Å². The lowest BCUT2D eigenvalue weighted by Gasteiger charge is -2.36. The van der Waals surface area contributed by atoms with E-state index in [9.17, 15) is 0 Å². The van der Waals surface area contributed by atoms with Crippen LogP contribution in [0.25, 0.3) is 0 Å². The van der Waals surface area contributed by atoms with E-state index in [4.69, 9.17) is 4.74 Å². The van der Waals surface area contributed by atoms with Crippen LogP contribution in [0.2, 0.25) is 0 Å². The van der Waals surface area contributed by atoms with Gasteiger partial charge in [-0.2, -0.15) is 0 Å². The molecule has 3 atom stereocenters. The molecule has 1 aliphatic carbocycles. The van der Waals surface area contributed by atoms with Gasteiger partial charge in [0.05, 0.1) is 6.54 Å². The number of hydrogen-bond acceptors (Lipinski definition) is 3. The van der Waals surface area contributed by atoms with Gasteiger partial charge in [0.2, 0.25) is 0 Å². The number of nitrogens with one attached hydrogen (secondary N) is 1. The van der Waals surface area contributed by atoms with Gasteiger partial charge in [-0.15, -0.1) is 0 Å². The molecule has 0 saturated heterocycles. The topological polar surface area (TPSA) is 33.6 Å². The third kappa shape index (κ3) is 2.44. The number of ether oxygens (including phenoxy) is 1. The second-order valence-corrected chi connectivity index (χ2v) is 4.78. The average Bonchev–Trinajstić information content (AvgIpc) is 2.74. The normalized spacial score (nSPS) is 35.9. The maximum atomic E-state index is 5.44. The summed E-state index contributed by atoms with van der Waals surface area (Å²) in [6, 6.07) is 1.35. The average molecular weight is 210 g/mol. The first-order chi connectivity index (χ1) is 7.31. The van der Waals surface area contributed by atoms with Gasteiger partial charge in [-0.05, 0) is 24.7 Å². The van der Waals surface area contributed by atoms with E-state index in [2.05, 4.69) is 24.2 Å². The van der Waals surface area contributed by atoms with E-state index in [0.717, 1.165) is 31.0 Å². The molecule has 86 valence electrons. The summed E-state index contributed by atoms with van der Waals surface area (Å²) < 4.78 is 5.44. The van der Waals surface area contributed by atoms with E-state index in [-0.39, 0.29) is 0 Å². The van der Waals surface area contributed by atoms with Crippen molar-refractivity contribution in [1.29, 1.82) is 0 Å².